The van der Waals surface area contributed by atoms with Crippen molar-refractivity contribution < 1.29 is 9.18 Å². The molecule has 3 nitrogen and oxygen atoms in total. The zero-order valence-electron chi connectivity index (χ0n) is 13.7. The van der Waals surface area contributed by atoms with Crippen molar-refractivity contribution >= 4 is 17.2 Å². The van der Waals surface area contributed by atoms with Crippen LogP contribution in [-0.2, 0) is 4.79 Å². The van der Waals surface area contributed by atoms with E-state index in [1.807, 2.05) is 25.1 Å². The number of amides is 1. The lowest BCUT2D eigenvalue weighted by molar-refractivity contribution is -0.120. The fourth-order valence-electron chi connectivity index (χ4n) is 2.90. The maximum absolute atomic E-state index is 12.9. The lowest BCUT2D eigenvalue weighted by Gasteiger charge is -2.31. The first-order valence-corrected chi connectivity index (χ1v) is 8.18. The molecular formula is C20H21FN2O. The van der Waals surface area contributed by atoms with E-state index >= 15 is 0 Å². The van der Waals surface area contributed by atoms with E-state index < -0.39 is 0 Å². The zero-order valence-corrected chi connectivity index (χ0v) is 13.7. The molecule has 1 aliphatic rings. The minimum absolute atomic E-state index is 0.0711. The average Bonchev–Trinajstić information content (AvgIpc) is 2.64. The zero-order chi connectivity index (χ0) is 16.9. The van der Waals surface area contributed by atoms with E-state index in [-0.39, 0.29) is 17.8 Å². The third-order valence-electron chi connectivity index (χ3n) is 4.42. The van der Waals surface area contributed by atoms with Crippen molar-refractivity contribution in [3.8, 4) is 0 Å². The van der Waals surface area contributed by atoms with Crippen LogP contribution in [0.25, 0.3) is 5.57 Å². The Morgan fingerprint density at radius 3 is 2.46 bits per heavy atom. The first-order valence-electron chi connectivity index (χ1n) is 8.18. The largest absolute Gasteiger partial charge is 0.325 e. The topological polar surface area (TPSA) is 32.3 Å². The Bertz CT molecular complexity index is 725. The van der Waals surface area contributed by atoms with Gasteiger partial charge in [0, 0.05) is 18.8 Å². The fourth-order valence-corrected chi connectivity index (χ4v) is 2.90. The quantitative estimate of drug-likeness (QED) is 0.924. The summed E-state index contributed by atoms with van der Waals surface area (Å²) in [5, 5.41) is 2.84. The fraction of sp³-hybridized carbons (Fsp3) is 0.250. The molecule has 1 N–H and O–H groups in total. The van der Waals surface area contributed by atoms with Gasteiger partial charge >= 0.3 is 0 Å². The Labute approximate surface area is 141 Å². The Balaban J connectivity index is 1.60. The molecule has 0 saturated heterocycles. The summed E-state index contributed by atoms with van der Waals surface area (Å²) in [5.41, 5.74) is 3.20. The van der Waals surface area contributed by atoms with Gasteiger partial charge in [-0.05, 0) is 48.7 Å². The van der Waals surface area contributed by atoms with Gasteiger partial charge < -0.3 is 5.32 Å². The van der Waals surface area contributed by atoms with Crippen LogP contribution in [-0.4, -0.2) is 29.9 Å². The van der Waals surface area contributed by atoms with Crippen LogP contribution in [0.3, 0.4) is 0 Å². The predicted molar refractivity (Wildman–Crippen MR) is 95.1 cm³/mol. The number of carbonyl (C=O) groups excluding carboxylic acids is 1. The summed E-state index contributed by atoms with van der Waals surface area (Å²) < 4.78 is 12.9. The second-order valence-corrected chi connectivity index (χ2v) is 6.01. The molecule has 0 fully saturated rings. The van der Waals surface area contributed by atoms with Gasteiger partial charge in [-0.1, -0.05) is 36.4 Å². The summed E-state index contributed by atoms with van der Waals surface area (Å²) >= 11 is 0. The highest BCUT2D eigenvalue weighted by Gasteiger charge is 2.23. The number of carbonyl (C=O) groups is 1. The van der Waals surface area contributed by atoms with E-state index in [1.165, 1.54) is 23.3 Å². The molecule has 0 spiro atoms. The first kappa shape index (κ1) is 16.4. The molecular weight excluding hydrogens is 303 g/mol. The molecule has 124 valence electrons. The smallest absolute Gasteiger partial charge is 0.241 e. The number of hydrogen-bond acceptors (Lipinski definition) is 2. The summed E-state index contributed by atoms with van der Waals surface area (Å²) in [4.78, 5) is 14.5. The van der Waals surface area contributed by atoms with E-state index in [4.69, 9.17) is 0 Å². The number of nitrogens with one attached hydrogen (secondary N) is 1. The second-order valence-electron chi connectivity index (χ2n) is 6.01. The Kier molecular flexibility index (Phi) is 5.06. The van der Waals surface area contributed by atoms with E-state index in [2.05, 4.69) is 28.4 Å². The lowest BCUT2D eigenvalue weighted by Crippen LogP contribution is -2.44. The third kappa shape index (κ3) is 3.89. The highest BCUT2D eigenvalue weighted by atomic mass is 19.1. The molecule has 0 radical (unpaired) electrons. The molecule has 1 aliphatic heterocycles. The molecule has 4 heteroatoms. The van der Waals surface area contributed by atoms with Crippen LogP contribution in [0.4, 0.5) is 10.1 Å². The van der Waals surface area contributed by atoms with Gasteiger partial charge in [-0.2, -0.15) is 0 Å². The molecule has 0 unspecified atom stereocenters. The molecule has 1 heterocycles. The van der Waals surface area contributed by atoms with Gasteiger partial charge in [0.05, 0.1) is 6.04 Å². The second kappa shape index (κ2) is 7.41. The Morgan fingerprint density at radius 2 is 1.83 bits per heavy atom. The van der Waals surface area contributed by atoms with Crippen molar-refractivity contribution in [1.82, 2.24) is 4.90 Å². The number of anilines is 1. The summed E-state index contributed by atoms with van der Waals surface area (Å²) in [6, 6.07) is 15.9. The maximum atomic E-state index is 12.9. The van der Waals surface area contributed by atoms with Crippen LogP contribution in [0.1, 0.15) is 18.9 Å². The molecule has 1 amide bonds. The lowest BCUT2D eigenvalue weighted by atomic mass is 9.99. The monoisotopic (exact) mass is 324 g/mol. The number of nitrogens with zero attached hydrogens (tertiary/aromatic N) is 1. The Morgan fingerprint density at radius 1 is 1.12 bits per heavy atom. The van der Waals surface area contributed by atoms with Crippen molar-refractivity contribution in [2.45, 2.75) is 19.4 Å². The average molecular weight is 324 g/mol. The third-order valence-corrected chi connectivity index (χ3v) is 4.42. The molecule has 0 aliphatic carbocycles. The number of halogens is 1. The van der Waals surface area contributed by atoms with Gasteiger partial charge in [0.15, 0.2) is 0 Å². The van der Waals surface area contributed by atoms with Crippen LogP contribution < -0.4 is 5.32 Å². The van der Waals surface area contributed by atoms with Crippen molar-refractivity contribution in [3.63, 3.8) is 0 Å². The van der Waals surface area contributed by atoms with Gasteiger partial charge in [-0.25, -0.2) is 4.39 Å². The normalized spacial score (nSPS) is 16.3. The van der Waals surface area contributed by atoms with Crippen molar-refractivity contribution in [2.24, 2.45) is 0 Å². The van der Waals surface area contributed by atoms with Crippen LogP contribution >= 0.6 is 0 Å². The number of rotatable bonds is 4. The summed E-state index contributed by atoms with van der Waals surface area (Å²) in [6.45, 7) is 3.50. The number of benzene rings is 2. The molecule has 1 atom stereocenters. The van der Waals surface area contributed by atoms with E-state index in [9.17, 15) is 9.18 Å². The van der Waals surface area contributed by atoms with Gasteiger partial charge in [-0.15, -0.1) is 0 Å². The van der Waals surface area contributed by atoms with Crippen molar-refractivity contribution in [2.75, 3.05) is 18.4 Å². The molecule has 0 saturated carbocycles. The molecule has 24 heavy (non-hydrogen) atoms. The molecule has 2 aromatic rings. The van der Waals surface area contributed by atoms with Crippen molar-refractivity contribution in [1.29, 1.82) is 0 Å². The highest BCUT2D eigenvalue weighted by Crippen LogP contribution is 2.23. The molecule has 2 aromatic carbocycles. The van der Waals surface area contributed by atoms with E-state index in [0.29, 0.717) is 5.69 Å². The maximum Gasteiger partial charge on any atom is 0.241 e. The standard InChI is InChI=1S/C20H21FN2O/c1-15(20(24)22-19-9-7-18(21)8-10-19)23-13-11-17(12-14-23)16-5-3-2-4-6-16/h2-11,15H,12-14H2,1H3,(H,22,24)/t15-/m0/s1. The van der Waals surface area contributed by atoms with Gasteiger partial charge in [0.1, 0.15) is 5.82 Å². The minimum atomic E-state index is -0.310. The Hall–Kier alpha value is -2.46. The van der Waals surface area contributed by atoms with Crippen LogP contribution in [0.5, 0.6) is 0 Å². The summed E-state index contributed by atoms with van der Waals surface area (Å²) in [7, 11) is 0. The summed E-state index contributed by atoms with van der Waals surface area (Å²) in [5.74, 6) is -0.381. The molecule has 0 bridgehead atoms. The van der Waals surface area contributed by atoms with Crippen LogP contribution in [0.15, 0.2) is 60.7 Å². The highest BCUT2D eigenvalue weighted by molar-refractivity contribution is 5.94. The number of hydrogen-bond donors (Lipinski definition) is 1. The van der Waals surface area contributed by atoms with Crippen molar-refractivity contribution in [3.05, 3.63) is 72.1 Å². The van der Waals surface area contributed by atoms with Gasteiger partial charge in [-0.3, -0.25) is 9.69 Å². The SMILES string of the molecule is C[C@@H](C(=O)Nc1ccc(F)cc1)N1CC=C(c2ccccc2)CC1. The van der Waals surface area contributed by atoms with E-state index in [0.717, 1.165) is 19.5 Å². The van der Waals surface area contributed by atoms with Crippen LogP contribution in [0.2, 0.25) is 0 Å². The van der Waals surface area contributed by atoms with E-state index in [1.54, 1.807) is 12.1 Å². The first-order chi connectivity index (χ1) is 11.6. The summed E-state index contributed by atoms with van der Waals surface area (Å²) in [6.07, 6.45) is 3.12. The van der Waals surface area contributed by atoms with Gasteiger partial charge in [0.2, 0.25) is 5.91 Å². The van der Waals surface area contributed by atoms with Crippen LogP contribution in [0, 0.1) is 5.82 Å². The van der Waals surface area contributed by atoms with Gasteiger partial charge in [0.25, 0.3) is 0 Å². The predicted octanol–water partition coefficient (Wildman–Crippen LogP) is 3.94. The molecule has 0 aromatic heterocycles. The molecule has 3 rings (SSSR count). The minimum Gasteiger partial charge on any atom is -0.325 e.